The molecule has 0 aromatic carbocycles. The molecule has 62 valence electrons. The fourth-order valence-corrected chi connectivity index (χ4v) is 2.31. The summed E-state index contributed by atoms with van der Waals surface area (Å²) in [6, 6.07) is 0. The number of carboxylic acids is 1. The average molecular weight is 172 g/mol. The van der Waals surface area contributed by atoms with E-state index in [1.165, 1.54) is 5.75 Å². The van der Waals surface area contributed by atoms with E-state index in [2.05, 4.69) is 0 Å². The third-order valence-electron chi connectivity index (χ3n) is 1.79. The predicted molar refractivity (Wildman–Crippen MR) is 46.8 cm³/mol. The van der Waals surface area contributed by atoms with E-state index in [1.54, 1.807) is 6.92 Å². The van der Waals surface area contributed by atoms with Gasteiger partial charge in [0.15, 0.2) is 0 Å². The molecule has 1 saturated heterocycles. The van der Waals surface area contributed by atoms with Gasteiger partial charge in [-0.15, -0.1) is 0 Å². The van der Waals surface area contributed by atoms with Gasteiger partial charge >= 0.3 is 5.97 Å². The van der Waals surface area contributed by atoms with Crippen LogP contribution in [0.5, 0.6) is 0 Å². The smallest absolute Gasteiger partial charge is 0.330 e. The number of carbonyl (C=O) groups is 1. The first-order valence-electron chi connectivity index (χ1n) is 3.69. The summed E-state index contributed by atoms with van der Waals surface area (Å²) in [5, 5.41) is 8.57. The first-order valence-corrected chi connectivity index (χ1v) is 4.85. The van der Waals surface area contributed by atoms with E-state index in [1.807, 2.05) is 17.8 Å². The lowest BCUT2D eigenvalue weighted by atomic mass is 10.1. The second-order valence-electron chi connectivity index (χ2n) is 2.78. The maximum atomic E-state index is 10.4. The highest BCUT2D eigenvalue weighted by Gasteiger charge is 2.14. The summed E-state index contributed by atoms with van der Waals surface area (Å²) in [7, 11) is 0. The van der Waals surface area contributed by atoms with Gasteiger partial charge in [0.25, 0.3) is 0 Å². The Bertz CT molecular complexity index is 181. The van der Waals surface area contributed by atoms with Gasteiger partial charge in [0.05, 0.1) is 0 Å². The Morgan fingerprint density at radius 3 is 2.91 bits per heavy atom. The van der Waals surface area contributed by atoms with Crippen molar-refractivity contribution in [2.24, 2.45) is 5.92 Å². The Hall–Kier alpha value is -0.440. The van der Waals surface area contributed by atoms with Gasteiger partial charge in [-0.25, -0.2) is 4.79 Å². The standard InChI is InChI=1S/C8H12O2S/c1-6(8(9)10)4-7-2-3-11-5-7/h4,7H,2-3,5H2,1H3,(H,9,10). The molecular weight excluding hydrogens is 160 g/mol. The molecule has 1 fully saturated rings. The summed E-state index contributed by atoms with van der Waals surface area (Å²) >= 11 is 1.90. The van der Waals surface area contributed by atoms with Gasteiger partial charge in [-0.3, -0.25) is 0 Å². The highest BCUT2D eigenvalue weighted by Crippen LogP contribution is 2.25. The minimum Gasteiger partial charge on any atom is -0.478 e. The van der Waals surface area contributed by atoms with Crippen LogP contribution < -0.4 is 0 Å². The molecule has 3 heteroatoms. The molecule has 0 spiro atoms. The number of thioether (sulfide) groups is 1. The van der Waals surface area contributed by atoms with Crippen molar-refractivity contribution in [2.75, 3.05) is 11.5 Å². The molecule has 1 rings (SSSR count). The maximum absolute atomic E-state index is 10.4. The van der Waals surface area contributed by atoms with Crippen molar-refractivity contribution in [2.45, 2.75) is 13.3 Å². The first kappa shape index (κ1) is 8.65. The van der Waals surface area contributed by atoms with Crippen LogP contribution in [0.2, 0.25) is 0 Å². The third-order valence-corrected chi connectivity index (χ3v) is 2.98. The minimum absolute atomic E-state index is 0.484. The van der Waals surface area contributed by atoms with E-state index in [0.29, 0.717) is 11.5 Å². The van der Waals surface area contributed by atoms with Crippen LogP contribution in [-0.4, -0.2) is 22.6 Å². The fraction of sp³-hybridized carbons (Fsp3) is 0.625. The summed E-state index contributed by atoms with van der Waals surface area (Å²) in [5.41, 5.74) is 0.484. The van der Waals surface area contributed by atoms with Gasteiger partial charge < -0.3 is 5.11 Å². The SMILES string of the molecule is CC(=CC1CCSC1)C(=O)O. The van der Waals surface area contributed by atoms with Crippen molar-refractivity contribution in [3.05, 3.63) is 11.6 Å². The maximum Gasteiger partial charge on any atom is 0.330 e. The molecule has 0 aromatic heterocycles. The lowest BCUT2D eigenvalue weighted by Crippen LogP contribution is -2.01. The van der Waals surface area contributed by atoms with Crippen molar-refractivity contribution < 1.29 is 9.90 Å². The van der Waals surface area contributed by atoms with E-state index in [9.17, 15) is 4.79 Å². The van der Waals surface area contributed by atoms with Gasteiger partial charge in [-0.1, -0.05) is 6.08 Å². The van der Waals surface area contributed by atoms with E-state index >= 15 is 0 Å². The zero-order valence-electron chi connectivity index (χ0n) is 6.54. The lowest BCUT2D eigenvalue weighted by Gasteiger charge is -2.00. The van der Waals surface area contributed by atoms with Gasteiger partial charge in [-0.2, -0.15) is 11.8 Å². The normalized spacial score (nSPS) is 25.5. The summed E-state index contributed by atoms with van der Waals surface area (Å²) in [6.07, 6.45) is 3.01. The Morgan fingerprint density at radius 1 is 1.73 bits per heavy atom. The third kappa shape index (κ3) is 2.58. The number of aliphatic carboxylic acids is 1. The largest absolute Gasteiger partial charge is 0.478 e. The van der Waals surface area contributed by atoms with E-state index in [-0.39, 0.29) is 0 Å². The quantitative estimate of drug-likeness (QED) is 0.645. The van der Waals surface area contributed by atoms with Crippen LogP contribution in [-0.2, 0) is 4.79 Å². The molecule has 0 radical (unpaired) electrons. The number of carboxylic acid groups (broad SMARTS) is 1. The molecule has 0 aromatic rings. The highest BCUT2D eigenvalue weighted by atomic mass is 32.2. The summed E-state index contributed by atoms with van der Waals surface area (Å²) in [4.78, 5) is 10.4. The van der Waals surface area contributed by atoms with Gasteiger partial charge in [0, 0.05) is 5.57 Å². The zero-order valence-corrected chi connectivity index (χ0v) is 7.36. The number of hydrogen-bond donors (Lipinski definition) is 1. The number of allylic oxidation sites excluding steroid dienone is 1. The number of hydrogen-bond acceptors (Lipinski definition) is 2. The highest BCUT2D eigenvalue weighted by molar-refractivity contribution is 7.99. The monoisotopic (exact) mass is 172 g/mol. The molecule has 1 aliphatic heterocycles. The van der Waals surface area contributed by atoms with Gasteiger partial charge in [0.1, 0.15) is 0 Å². The average Bonchev–Trinajstić information content (AvgIpc) is 2.39. The zero-order chi connectivity index (χ0) is 8.27. The van der Waals surface area contributed by atoms with Crippen LogP contribution >= 0.6 is 11.8 Å². The molecule has 0 saturated carbocycles. The van der Waals surface area contributed by atoms with Crippen molar-refractivity contribution in [3.8, 4) is 0 Å². The molecule has 2 nitrogen and oxygen atoms in total. The Morgan fingerprint density at radius 2 is 2.45 bits per heavy atom. The second kappa shape index (κ2) is 3.81. The Labute approximate surface area is 70.7 Å². The fourth-order valence-electron chi connectivity index (χ4n) is 1.11. The first-order chi connectivity index (χ1) is 5.20. The van der Waals surface area contributed by atoms with Crippen LogP contribution in [0.15, 0.2) is 11.6 Å². The molecule has 1 heterocycles. The van der Waals surface area contributed by atoms with Crippen LogP contribution in [0, 0.1) is 5.92 Å². The lowest BCUT2D eigenvalue weighted by molar-refractivity contribution is -0.132. The predicted octanol–water partition coefficient (Wildman–Crippen LogP) is 1.77. The Balaban J connectivity index is 2.49. The molecule has 0 bridgehead atoms. The minimum atomic E-state index is -0.790. The molecule has 1 N–H and O–H groups in total. The molecule has 11 heavy (non-hydrogen) atoms. The van der Waals surface area contributed by atoms with Gasteiger partial charge in [0.2, 0.25) is 0 Å². The van der Waals surface area contributed by atoms with Crippen LogP contribution in [0.4, 0.5) is 0 Å². The van der Waals surface area contributed by atoms with Crippen molar-refractivity contribution in [1.82, 2.24) is 0 Å². The summed E-state index contributed by atoms with van der Waals surface area (Å²) < 4.78 is 0. The van der Waals surface area contributed by atoms with Gasteiger partial charge in [-0.05, 0) is 30.8 Å². The second-order valence-corrected chi connectivity index (χ2v) is 3.93. The Kier molecular flexibility index (Phi) is 3.00. The molecule has 1 aliphatic rings. The molecule has 0 amide bonds. The van der Waals surface area contributed by atoms with Crippen LogP contribution in [0.3, 0.4) is 0 Å². The topological polar surface area (TPSA) is 37.3 Å². The summed E-state index contributed by atoms with van der Waals surface area (Å²) in [5.74, 6) is 1.97. The molecule has 1 unspecified atom stereocenters. The van der Waals surface area contributed by atoms with Crippen molar-refractivity contribution in [3.63, 3.8) is 0 Å². The van der Waals surface area contributed by atoms with Crippen LogP contribution in [0.1, 0.15) is 13.3 Å². The van der Waals surface area contributed by atoms with E-state index in [0.717, 1.165) is 12.2 Å². The van der Waals surface area contributed by atoms with E-state index < -0.39 is 5.97 Å². The van der Waals surface area contributed by atoms with E-state index in [4.69, 9.17) is 5.11 Å². The van der Waals surface area contributed by atoms with Crippen molar-refractivity contribution >= 4 is 17.7 Å². The molecule has 1 atom stereocenters. The molecule has 0 aliphatic carbocycles. The molecular formula is C8H12O2S. The summed E-state index contributed by atoms with van der Waals surface area (Å²) in [6.45, 7) is 1.66. The van der Waals surface area contributed by atoms with Crippen molar-refractivity contribution in [1.29, 1.82) is 0 Å². The van der Waals surface area contributed by atoms with Crippen LogP contribution in [0.25, 0.3) is 0 Å². The number of rotatable bonds is 2.